The van der Waals surface area contributed by atoms with Crippen LogP contribution < -0.4 is 10.2 Å². The van der Waals surface area contributed by atoms with Crippen LogP contribution in [0.1, 0.15) is 12.8 Å². The van der Waals surface area contributed by atoms with Crippen molar-refractivity contribution in [3.8, 4) is 0 Å². The third-order valence-corrected chi connectivity index (χ3v) is 3.95. The standard InChI is InChI=1S/C13H19Cl2N3O/c1-16-12-10(14)7-11(15)13(17-12)18(2)8-9-3-5-19-6-4-9/h7,9H,3-6,8H2,1-2H3,(H,16,17). The van der Waals surface area contributed by atoms with Gasteiger partial charge in [0.1, 0.15) is 11.6 Å². The van der Waals surface area contributed by atoms with Gasteiger partial charge in [0.25, 0.3) is 0 Å². The summed E-state index contributed by atoms with van der Waals surface area (Å²) in [4.78, 5) is 6.57. The molecule has 0 radical (unpaired) electrons. The molecular weight excluding hydrogens is 285 g/mol. The van der Waals surface area contributed by atoms with Crippen molar-refractivity contribution >= 4 is 34.8 Å². The van der Waals surface area contributed by atoms with E-state index in [-0.39, 0.29) is 0 Å². The molecule has 0 amide bonds. The Bertz CT molecular complexity index is 436. The number of anilines is 2. The van der Waals surface area contributed by atoms with Crippen molar-refractivity contribution in [1.82, 2.24) is 4.98 Å². The van der Waals surface area contributed by atoms with Gasteiger partial charge < -0.3 is 15.0 Å². The Morgan fingerprint density at radius 3 is 2.68 bits per heavy atom. The molecule has 0 bridgehead atoms. The van der Waals surface area contributed by atoms with Crippen molar-refractivity contribution in [2.45, 2.75) is 12.8 Å². The van der Waals surface area contributed by atoms with Gasteiger partial charge >= 0.3 is 0 Å². The predicted molar refractivity (Wildman–Crippen MR) is 80.6 cm³/mol. The summed E-state index contributed by atoms with van der Waals surface area (Å²) in [5.41, 5.74) is 0. The molecule has 0 saturated carbocycles. The fourth-order valence-electron chi connectivity index (χ4n) is 2.30. The van der Waals surface area contributed by atoms with E-state index in [9.17, 15) is 0 Å². The first-order valence-electron chi connectivity index (χ1n) is 6.44. The number of nitrogens with one attached hydrogen (secondary N) is 1. The van der Waals surface area contributed by atoms with Crippen LogP contribution >= 0.6 is 23.2 Å². The number of hydrogen-bond acceptors (Lipinski definition) is 4. The second-order valence-corrected chi connectivity index (χ2v) is 5.62. The Morgan fingerprint density at radius 2 is 2.05 bits per heavy atom. The molecule has 1 aliphatic heterocycles. The summed E-state index contributed by atoms with van der Waals surface area (Å²) in [7, 11) is 3.81. The van der Waals surface area contributed by atoms with E-state index in [0.29, 0.717) is 21.8 Å². The van der Waals surface area contributed by atoms with Crippen molar-refractivity contribution in [2.24, 2.45) is 5.92 Å². The number of aromatic nitrogens is 1. The molecule has 1 aromatic rings. The highest BCUT2D eigenvalue weighted by molar-refractivity contribution is 6.37. The third-order valence-electron chi connectivity index (χ3n) is 3.38. The number of rotatable bonds is 4. The van der Waals surface area contributed by atoms with E-state index in [4.69, 9.17) is 27.9 Å². The molecule has 1 N–H and O–H groups in total. The van der Waals surface area contributed by atoms with Gasteiger partial charge in [0, 0.05) is 33.9 Å². The van der Waals surface area contributed by atoms with Crippen molar-refractivity contribution in [2.75, 3.05) is 44.1 Å². The summed E-state index contributed by atoms with van der Waals surface area (Å²) >= 11 is 12.3. The summed E-state index contributed by atoms with van der Waals surface area (Å²) in [6.45, 7) is 2.63. The van der Waals surface area contributed by atoms with E-state index in [2.05, 4.69) is 15.2 Å². The first-order valence-corrected chi connectivity index (χ1v) is 7.20. The van der Waals surface area contributed by atoms with Crippen LogP contribution in [0.5, 0.6) is 0 Å². The SMILES string of the molecule is CNc1nc(N(C)CC2CCOCC2)c(Cl)cc1Cl. The van der Waals surface area contributed by atoms with Crippen LogP contribution in [0.2, 0.25) is 10.0 Å². The molecule has 106 valence electrons. The lowest BCUT2D eigenvalue weighted by Gasteiger charge is -2.28. The zero-order chi connectivity index (χ0) is 13.8. The maximum Gasteiger partial charge on any atom is 0.149 e. The second kappa shape index (κ2) is 6.64. The Kier molecular flexibility index (Phi) is 5.13. The van der Waals surface area contributed by atoms with E-state index >= 15 is 0 Å². The fourth-order valence-corrected chi connectivity index (χ4v) is 2.90. The van der Waals surface area contributed by atoms with Crippen molar-refractivity contribution in [1.29, 1.82) is 0 Å². The number of halogens is 2. The Labute approximate surface area is 124 Å². The molecule has 0 unspecified atom stereocenters. The van der Waals surface area contributed by atoms with E-state index in [1.54, 1.807) is 13.1 Å². The summed E-state index contributed by atoms with van der Waals surface area (Å²) in [6, 6.07) is 1.73. The molecule has 2 heterocycles. The summed E-state index contributed by atoms with van der Waals surface area (Å²) in [5.74, 6) is 2.05. The molecule has 1 fully saturated rings. The highest BCUT2D eigenvalue weighted by Crippen LogP contribution is 2.31. The minimum atomic E-state index is 0.538. The zero-order valence-corrected chi connectivity index (χ0v) is 12.8. The molecule has 4 nitrogen and oxygen atoms in total. The smallest absolute Gasteiger partial charge is 0.149 e. The van der Waals surface area contributed by atoms with Gasteiger partial charge in [0.2, 0.25) is 0 Å². The molecule has 1 aromatic heterocycles. The van der Waals surface area contributed by atoms with Crippen LogP contribution in [0.15, 0.2) is 6.07 Å². The molecule has 0 spiro atoms. The van der Waals surface area contributed by atoms with Crippen molar-refractivity contribution < 1.29 is 4.74 Å². The number of hydrogen-bond donors (Lipinski definition) is 1. The minimum absolute atomic E-state index is 0.538. The molecule has 2 rings (SSSR count). The summed E-state index contributed by atoms with van der Waals surface area (Å²) in [6.07, 6.45) is 2.18. The number of pyridine rings is 1. The first kappa shape index (κ1) is 14.7. The van der Waals surface area contributed by atoms with Crippen LogP contribution in [0.3, 0.4) is 0 Å². The molecule has 1 saturated heterocycles. The van der Waals surface area contributed by atoms with Gasteiger partial charge in [-0.25, -0.2) is 4.98 Å². The molecule has 0 aliphatic carbocycles. The minimum Gasteiger partial charge on any atom is -0.381 e. The van der Waals surface area contributed by atoms with Gasteiger partial charge in [-0.3, -0.25) is 0 Å². The van der Waals surface area contributed by atoms with Crippen LogP contribution in [-0.4, -0.2) is 38.8 Å². The van der Waals surface area contributed by atoms with Gasteiger partial charge in [-0.1, -0.05) is 23.2 Å². The quantitative estimate of drug-likeness (QED) is 0.926. The van der Waals surface area contributed by atoms with E-state index < -0.39 is 0 Å². The molecule has 0 atom stereocenters. The fraction of sp³-hybridized carbons (Fsp3) is 0.615. The van der Waals surface area contributed by atoms with Gasteiger partial charge in [-0.15, -0.1) is 0 Å². The first-order chi connectivity index (χ1) is 9.11. The largest absolute Gasteiger partial charge is 0.381 e. The molecule has 6 heteroatoms. The van der Waals surface area contributed by atoms with E-state index in [0.717, 1.165) is 38.4 Å². The highest BCUT2D eigenvalue weighted by Gasteiger charge is 2.19. The van der Waals surface area contributed by atoms with Crippen LogP contribution in [0.4, 0.5) is 11.6 Å². The third kappa shape index (κ3) is 3.65. The highest BCUT2D eigenvalue weighted by atomic mass is 35.5. The molecular formula is C13H19Cl2N3O. The normalized spacial score (nSPS) is 16.4. The molecule has 19 heavy (non-hydrogen) atoms. The number of ether oxygens (including phenoxy) is 1. The topological polar surface area (TPSA) is 37.4 Å². The monoisotopic (exact) mass is 303 g/mol. The lowest BCUT2D eigenvalue weighted by molar-refractivity contribution is 0.0685. The van der Waals surface area contributed by atoms with Gasteiger partial charge in [-0.05, 0) is 24.8 Å². The lowest BCUT2D eigenvalue weighted by atomic mass is 10.00. The van der Waals surface area contributed by atoms with Crippen LogP contribution in [0.25, 0.3) is 0 Å². The number of nitrogens with zero attached hydrogens (tertiary/aromatic N) is 2. The van der Waals surface area contributed by atoms with E-state index in [1.165, 1.54) is 0 Å². The Hall–Kier alpha value is -0.710. The van der Waals surface area contributed by atoms with Gasteiger partial charge in [0.05, 0.1) is 10.0 Å². The average Bonchev–Trinajstić information content (AvgIpc) is 2.40. The second-order valence-electron chi connectivity index (χ2n) is 4.81. The van der Waals surface area contributed by atoms with E-state index in [1.807, 2.05) is 7.05 Å². The molecule has 1 aliphatic rings. The van der Waals surface area contributed by atoms with Crippen LogP contribution in [-0.2, 0) is 4.74 Å². The Morgan fingerprint density at radius 1 is 1.37 bits per heavy atom. The predicted octanol–water partition coefficient (Wildman–Crippen LogP) is 3.29. The maximum absolute atomic E-state index is 6.23. The van der Waals surface area contributed by atoms with Gasteiger partial charge in [0.15, 0.2) is 0 Å². The van der Waals surface area contributed by atoms with Gasteiger partial charge in [-0.2, -0.15) is 0 Å². The average molecular weight is 304 g/mol. The summed E-state index contributed by atoms with van der Waals surface area (Å²) in [5, 5.41) is 4.09. The maximum atomic E-state index is 6.23. The van der Waals surface area contributed by atoms with Crippen LogP contribution in [0, 0.1) is 5.92 Å². The molecule has 0 aromatic carbocycles. The summed E-state index contributed by atoms with van der Waals surface area (Å²) < 4.78 is 5.38. The van der Waals surface area contributed by atoms with Crippen molar-refractivity contribution in [3.05, 3.63) is 16.1 Å². The zero-order valence-electron chi connectivity index (χ0n) is 11.2. The Balaban J connectivity index is 2.11. The van der Waals surface area contributed by atoms with Crippen molar-refractivity contribution in [3.63, 3.8) is 0 Å². The lowest BCUT2D eigenvalue weighted by Crippen LogP contribution is -2.30.